The number of rotatable bonds is 18. The van der Waals surface area contributed by atoms with Crippen LogP contribution in [0.4, 0.5) is 0 Å². The first-order valence-corrected chi connectivity index (χ1v) is 11.0. The number of hydrogen-bond acceptors (Lipinski definition) is 1. The van der Waals surface area contributed by atoms with E-state index in [0.717, 1.165) is 0 Å². The summed E-state index contributed by atoms with van der Waals surface area (Å²) in [6.07, 6.45) is 30.4. The van der Waals surface area contributed by atoms with E-state index >= 15 is 0 Å². The van der Waals surface area contributed by atoms with Crippen molar-refractivity contribution in [3.63, 3.8) is 0 Å². The van der Waals surface area contributed by atoms with Crippen LogP contribution >= 0.6 is 17.0 Å². The molecule has 26 heavy (non-hydrogen) atoms. The molecule has 0 fully saturated rings. The molecule has 1 aromatic rings. The first kappa shape index (κ1) is 25.4. The average Bonchev–Trinajstić information content (AvgIpc) is 3.16. The van der Waals surface area contributed by atoms with Gasteiger partial charge in [-0.1, -0.05) is 109 Å². The maximum Gasteiger partial charge on any atom is 0.0951 e. The van der Waals surface area contributed by atoms with Crippen LogP contribution in [0.1, 0.15) is 116 Å². The molecule has 0 aliphatic heterocycles. The van der Waals surface area contributed by atoms with Crippen molar-refractivity contribution in [1.82, 2.24) is 9.55 Å². The molecule has 0 radical (unpaired) electrons. The minimum atomic E-state index is 0. The summed E-state index contributed by atoms with van der Waals surface area (Å²) in [7, 11) is 0. The van der Waals surface area contributed by atoms with E-state index in [1.165, 1.54) is 103 Å². The monoisotopic (exact) mass is 426 g/mol. The molecule has 152 valence electrons. The topological polar surface area (TPSA) is 17.8 Å². The van der Waals surface area contributed by atoms with Gasteiger partial charge in [0.15, 0.2) is 0 Å². The maximum atomic E-state index is 4.13. The highest BCUT2D eigenvalue weighted by atomic mass is 79.9. The van der Waals surface area contributed by atoms with Gasteiger partial charge in [0.2, 0.25) is 0 Å². The fourth-order valence-electron chi connectivity index (χ4n) is 3.58. The van der Waals surface area contributed by atoms with E-state index in [-0.39, 0.29) is 17.0 Å². The minimum absolute atomic E-state index is 0. The Morgan fingerprint density at radius 3 is 1.65 bits per heavy atom. The number of hydrogen-bond donors (Lipinski definition) is 0. The van der Waals surface area contributed by atoms with Gasteiger partial charge >= 0.3 is 0 Å². The molecule has 1 unspecified atom stereocenters. The van der Waals surface area contributed by atoms with Crippen LogP contribution in [0.25, 0.3) is 0 Å². The van der Waals surface area contributed by atoms with Crippen molar-refractivity contribution in [2.45, 2.75) is 116 Å². The summed E-state index contributed by atoms with van der Waals surface area (Å²) in [5, 5.41) is 0. The molecule has 1 heterocycles. The normalized spacial score (nSPS) is 11.9. The summed E-state index contributed by atoms with van der Waals surface area (Å²) in [5.41, 5.74) is 0. The van der Waals surface area contributed by atoms with Crippen molar-refractivity contribution in [1.29, 1.82) is 0 Å². The maximum absolute atomic E-state index is 4.13. The highest BCUT2D eigenvalue weighted by Gasteiger charge is 2.04. The second kappa shape index (κ2) is 19.2. The summed E-state index contributed by atoms with van der Waals surface area (Å²) in [4.78, 5) is 4.13. The number of nitrogens with zero attached hydrogens (tertiary/aromatic N) is 2. The Balaban J connectivity index is 0.00000625. The van der Waals surface area contributed by atoms with Gasteiger partial charge < -0.3 is 4.57 Å². The second-order valence-electron chi connectivity index (χ2n) is 7.55. The van der Waals surface area contributed by atoms with Crippen molar-refractivity contribution in [2.75, 3.05) is 0 Å². The van der Waals surface area contributed by atoms with Crippen LogP contribution in [0.15, 0.2) is 31.4 Å². The molecular formula is C23H43BrN2. The summed E-state index contributed by atoms with van der Waals surface area (Å²) in [6.45, 7) is 6.25. The highest BCUT2D eigenvalue weighted by molar-refractivity contribution is 8.93. The van der Waals surface area contributed by atoms with E-state index in [2.05, 4.69) is 23.1 Å². The SMILES string of the molecule is Br.C=CC(CCCCCCCCCCCCCCCCC)n1ccnc1. The van der Waals surface area contributed by atoms with Crippen LogP contribution in [0.2, 0.25) is 0 Å². The van der Waals surface area contributed by atoms with Gasteiger partial charge in [0.05, 0.1) is 12.4 Å². The van der Waals surface area contributed by atoms with Gasteiger partial charge in [-0.3, -0.25) is 0 Å². The van der Waals surface area contributed by atoms with Crippen LogP contribution < -0.4 is 0 Å². The third-order valence-electron chi connectivity index (χ3n) is 5.28. The quantitative estimate of drug-likeness (QED) is 0.170. The molecule has 1 atom stereocenters. The van der Waals surface area contributed by atoms with Crippen LogP contribution in [-0.4, -0.2) is 9.55 Å². The van der Waals surface area contributed by atoms with E-state index in [9.17, 15) is 0 Å². The molecule has 0 amide bonds. The van der Waals surface area contributed by atoms with Gasteiger partial charge in [0.25, 0.3) is 0 Å². The van der Waals surface area contributed by atoms with Crippen LogP contribution in [0, 0.1) is 0 Å². The molecule has 0 bridgehead atoms. The van der Waals surface area contributed by atoms with Crippen molar-refractivity contribution in [3.05, 3.63) is 31.4 Å². The predicted molar refractivity (Wildman–Crippen MR) is 121 cm³/mol. The molecular weight excluding hydrogens is 384 g/mol. The Morgan fingerprint density at radius 2 is 1.27 bits per heavy atom. The summed E-state index contributed by atoms with van der Waals surface area (Å²) >= 11 is 0. The van der Waals surface area contributed by atoms with Gasteiger partial charge in [0.1, 0.15) is 0 Å². The van der Waals surface area contributed by atoms with E-state index in [4.69, 9.17) is 0 Å². The lowest BCUT2D eigenvalue weighted by atomic mass is 10.0. The van der Waals surface area contributed by atoms with E-state index < -0.39 is 0 Å². The number of unbranched alkanes of at least 4 members (excludes halogenated alkanes) is 14. The standard InChI is InChI=1S/C23H42N2.BrH/c1-3-5-6-7-8-9-10-11-12-13-14-15-16-17-18-19-23(4-2)25-21-20-24-22-25;/h4,20-23H,2-3,5-19H2,1H3;1H. The number of halogens is 1. The van der Waals surface area contributed by atoms with Gasteiger partial charge in [0, 0.05) is 12.4 Å². The van der Waals surface area contributed by atoms with Crippen LogP contribution in [0.3, 0.4) is 0 Å². The number of allylic oxidation sites excluding steroid dienone is 1. The van der Waals surface area contributed by atoms with Crippen molar-refractivity contribution < 1.29 is 0 Å². The molecule has 1 aromatic heterocycles. The second-order valence-corrected chi connectivity index (χ2v) is 7.55. The van der Waals surface area contributed by atoms with Gasteiger partial charge in [-0.15, -0.1) is 23.6 Å². The molecule has 0 aliphatic carbocycles. The molecule has 0 N–H and O–H groups in total. The summed E-state index contributed by atoms with van der Waals surface area (Å²) in [6, 6.07) is 0.421. The molecule has 0 aromatic carbocycles. The summed E-state index contributed by atoms with van der Waals surface area (Å²) < 4.78 is 2.16. The van der Waals surface area contributed by atoms with Crippen molar-refractivity contribution in [2.24, 2.45) is 0 Å². The highest BCUT2D eigenvalue weighted by Crippen LogP contribution is 2.18. The Morgan fingerprint density at radius 1 is 0.808 bits per heavy atom. The first-order valence-electron chi connectivity index (χ1n) is 11.0. The van der Waals surface area contributed by atoms with Crippen LogP contribution in [-0.2, 0) is 0 Å². The van der Waals surface area contributed by atoms with Gasteiger partial charge in [-0.2, -0.15) is 0 Å². The lowest BCUT2D eigenvalue weighted by Gasteiger charge is -2.13. The van der Waals surface area contributed by atoms with Gasteiger partial charge in [-0.05, 0) is 6.42 Å². The summed E-state index contributed by atoms with van der Waals surface area (Å²) in [5.74, 6) is 0. The Kier molecular flexibility index (Phi) is 18.8. The molecule has 3 heteroatoms. The molecule has 0 saturated carbocycles. The lowest BCUT2D eigenvalue weighted by molar-refractivity contribution is 0.495. The predicted octanol–water partition coefficient (Wildman–Crippen LogP) is 8.45. The van der Waals surface area contributed by atoms with Crippen LogP contribution in [0.5, 0.6) is 0 Å². The third kappa shape index (κ3) is 13.6. The van der Waals surface area contributed by atoms with E-state index in [1.807, 2.05) is 24.8 Å². The fourth-order valence-corrected chi connectivity index (χ4v) is 3.58. The zero-order valence-electron chi connectivity index (χ0n) is 17.2. The largest absolute Gasteiger partial charge is 0.331 e. The molecule has 0 aliphatic rings. The Labute approximate surface area is 173 Å². The molecule has 2 nitrogen and oxygen atoms in total. The minimum Gasteiger partial charge on any atom is -0.331 e. The zero-order chi connectivity index (χ0) is 18.0. The van der Waals surface area contributed by atoms with Gasteiger partial charge in [-0.25, -0.2) is 4.98 Å². The lowest BCUT2D eigenvalue weighted by Crippen LogP contribution is -2.03. The number of imidazole rings is 1. The van der Waals surface area contributed by atoms with E-state index in [0.29, 0.717) is 6.04 Å². The molecule has 1 rings (SSSR count). The smallest absolute Gasteiger partial charge is 0.0951 e. The first-order chi connectivity index (χ1) is 12.4. The molecule has 0 spiro atoms. The average molecular weight is 428 g/mol. The van der Waals surface area contributed by atoms with E-state index in [1.54, 1.807) is 0 Å². The Bertz CT molecular complexity index is 389. The molecule has 0 saturated heterocycles. The van der Waals surface area contributed by atoms with Crippen molar-refractivity contribution in [3.8, 4) is 0 Å². The number of aromatic nitrogens is 2. The zero-order valence-corrected chi connectivity index (χ0v) is 18.9. The third-order valence-corrected chi connectivity index (χ3v) is 5.28. The van der Waals surface area contributed by atoms with Crippen molar-refractivity contribution >= 4 is 17.0 Å². The Hall–Kier alpha value is -0.570. The fraction of sp³-hybridized carbons (Fsp3) is 0.783.